The summed E-state index contributed by atoms with van der Waals surface area (Å²) in [6.07, 6.45) is 0.495. The summed E-state index contributed by atoms with van der Waals surface area (Å²) in [6.45, 7) is 7.21. The van der Waals surface area contributed by atoms with Crippen LogP contribution in [-0.2, 0) is 14.4 Å². The third-order valence-corrected chi connectivity index (χ3v) is 2.28. The van der Waals surface area contributed by atoms with Crippen molar-refractivity contribution in [1.82, 2.24) is 10.6 Å². The van der Waals surface area contributed by atoms with Gasteiger partial charge >= 0.3 is 0 Å². The number of amides is 2. The van der Waals surface area contributed by atoms with Gasteiger partial charge in [0.25, 0.3) is 0 Å². The van der Waals surface area contributed by atoms with Gasteiger partial charge in [0.2, 0.25) is 12.3 Å². The standard InChI is InChI=1S/C11H20N2O3/c1-7(2)9(15)5-12-11(16)10(8(3)4)13-6-14/h6-8,10H,5H2,1-4H3,(H,12,16)(H,13,14). The maximum absolute atomic E-state index is 11.6. The van der Waals surface area contributed by atoms with E-state index in [-0.39, 0.29) is 30.1 Å². The molecule has 16 heavy (non-hydrogen) atoms. The highest BCUT2D eigenvalue weighted by molar-refractivity contribution is 5.90. The third-order valence-electron chi connectivity index (χ3n) is 2.28. The van der Waals surface area contributed by atoms with Crippen molar-refractivity contribution in [1.29, 1.82) is 0 Å². The van der Waals surface area contributed by atoms with E-state index in [0.29, 0.717) is 6.41 Å². The van der Waals surface area contributed by atoms with Crippen molar-refractivity contribution in [3.05, 3.63) is 0 Å². The molecule has 0 aromatic heterocycles. The summed E-state index contributed by atoms with van der Waals surface area (Å²) in [5.41, 5.74) is 0. The number of hydrogen-bond donors (Lipinski definition) is 2. The molecule has 92 valence electrons. The van der Waals surface area contributed by atoms with Gasteiger partial charge in [0.15, 0.2) is 5.78 Å². The van der Waals surface area contributed by atoms with Crippen LogP contribution in [-0.4, -0.2) is 30.7 Å². The number of ketones is 1. The van der Waals surface area contributed by atoms with Gasteiger partial charge in [-0.25, -0.2) is 0 Å². The highest BCUT2D eigenvalue weighted by Gasteiger charge is 2.21. The summed E-state index contributed by atoms with van der Waals surface area (Å²) in [5, 5.41) is 4.95. The second-order valence-electron chi connectivity index (χ2n) is 4.35. The second-order valence-corrected chi connectivity index (χ2v) is 4.35. The molecule has 0 bridgehead atoms. The molecule has 2 N–H and O–H groups in total. The Morgan fingerprint density at radius 1 is 1.19 bits per heavy atom. The van der Waals surface area contributed by atoms with E-state index in [9.17, 15) is 14.4 Å². The minimum Gasteiger partial charge on any atom is -0.347 e. The lowest BCUT2D eigenvalue weighted by atomic mass is 10.0. The van der Waals surface area contributed by atoms with Crippen molar-refractivity contribution in [2.45, 2.75) is 33.7 Å². The zero-order valence-corrected chi connectivity index (χ0v) is 10.2. The lowest BCUT2D eigenvalue weighted by Gasteiger charge is -2.19. The molecule has 0 spiro atoms. The Hall–Kier alpha value is -1.39. The van der Waals surface area contributed by atoms with E-state index in [1.54, 1.807) is 13.8 Å². The molecule has 2 amide bonds. The van der Waals surface area contributed by atoms with Gasteiger partial charge in [-0.05, 0) is 5.92 Å². The smallest absolute Gasteiger partial charge is 0.243 e. The van der Waals surface area contributed by atoms with Gasteiger partial charge in [-0.2, -0.15) is 0 Å². The van der Waals surface area contributed by atoms with Crippen molar-refractivity contribution in [2.24, 2.45) is 11.8 Å². The lowest BCUT2D eigenvalue weighted by Crippen LogP contribution is -2.48. The van der Waals surface area contributed by atoms with Crippen molar-refractivity contribution in [2.75, 3.05) is 6.54 Å². The molecule has 1 unspecified atom stereocenters. The van der Waals surface area contributed by atoms with Crippen LogP contribution in [0, 0.1) is 11.8 Å². The Balaban J connectivity index is 4.21. The van der Waals surface area contributed by atoms with Gasteiger partial charge in [-0.3, -0.25) is 14.4 Å². The fourth-order valence-electron chi connectivity index (χ4n) is 1.13. The summed E-state index contributed by atoms with van der Waals surface area (Å²) < 4.78 is 0. The van der Waals surface area contributed by atoms with Gasteiger partial charge in [0, 0.05) is 5.92 Å². The van der Waals surface area contributed by atoms with E-state index >= 15 is 0 Å². The SMILES string of the molecule is CC(C)C(=O)CNC(=O)C(NC=O)C(C)C. The summed E-state index contributed by atoms with van der Waals surface area (Å²) >= 11 is 0. The lowest BCUT2D eigenvalue weighted by molar-refractivity contribution is -0.129. The Kier molecular flexibility index (Phi) is 6.37. The highest BCUT2D eigenvalue weighted by Crippen LogP contribution is 2.01. The predicted octanol–water partition coefficient (Wildman–Crippen LogP) is 0.0983. The first-order valence-corrected chi connectivity index (χ1v) is 5.40. The molecular formula is C11H20N2O3. The fourth-order valence-corrected chi connectivity index (χ4v) is 1.13. The molecule has 5 nitrogen and oxygen atoms in total. The molecule has 0 rings (SSSR count). The number of nitrogens with one attached hydrogen (secondary N) is 2. The van der Waals surface area contributed by atoms with Crippen molar-refractivity contribution < 1.29 is 14.4 Å². The monoisotopic (exact) mass is 228 g/mol. The van der Waals surface area contributed by atoms with E-state index in [4.69, 9.17) is 0 Å². The molecule has 0 aromatic carbocycles. The average Bonchev–Trinajstić information content (AvgIpc) is 2.21. The predicted molar refractivity (Wildman–Crippen MR) is 60.7 cm³/mol. The molecule has 0 fully saturated rings. The van der Waals surface area contributed by atoms with E-state index < -0.39 is 6.04 Å². The maximum atomic E-state index is 11.6. The van der Waals surface area contributed by atoms with Crippen LogP contribution in [0.1, 0.15) is 27.7 Å². The summed E-state index contributed by atoms with van der Waals surface area (Å²) in [6, 6.07) is -0.586. The number of hydrogen-bond acceptors (Lipinski definition) is 3. The first-order valence-electron chi connectivity index (χ1n) is 5.40. The van der Waals surface area contributed by atoms with Crippen LogP contribution in [0.5, 0.6) is 0 Å². The van der Waals surface area contributed by atoms with E-state index in [2.05, 4.69) is 10.6 Å². The molecule has 5 heteroatoms. The van der Waals surface area contributed by atoms with Crippen LogP contribution in [0.2, 0.25) is 0 Å². The van der Waals surface area contributed by atoms with E-state index in [0.717, 1.165) is 0 Å². The zero-order valence-electron chi connectivity index (χ0n) is 10.2. The van der Waals surface area contributed by atoms with Gasteiger partial charge in [0.1, 0.15) is 6.04 Å². The quantitative estimate of drug-likeness (QED) is 0.607. The van der Waals surface area contributed by atoms with Crippen LogP contribution in [0.15, 0.2) is 0 Å². The molecule has 0 aliphatic heterocycles. The van der Waals surface area contributed by atoms with Crippen LogP contribution in [0.4, 0.5) is 0 Å². The molecule has 0 heterocycles. The third kappa shape index (κ3) is 4.91. The molecule has 1 atom stereocenters. The highest BCUT2D eigenvalue weighted by atomic mass is 16.2. The van der Waals surface area contributed by atoms with Crippen molar-refractivity contribution in [3.63, 3.8) is 0 Å². The second kappa shape index (κ2) is 6.98. The number of rotatable bonds is 7. The number of carbonyl (C=O) groups is 3. The summed E-state index contributed by atoms with van der Waals surface area (Å²) in [4.78, 5) is 33.2. The average molecular weight is 228 g/mol. The van der Waals surface area contributed by atoms with Gasteiger partial charge < -0.3 is 10.6 Å². The minimum atomic E-state index is -0.586. The fraction of sp³-hybridized carbons (Fsp3) is 0.727. The van der Waals surface area contributed by atoms with Crippen molar-refractivity contribution in [3.8, 4) is 0 Å². The topological polar surface area (TPSA) is 75.3 Å². The largest absolute Gasteiger partial charge is 0.347 e. The zero-order chi connectivity index (χ0) is 12.7. The Labute approximate surface area is 96.0 Å². The molecule has 0 aliphatic rings. The van der Waals surface area contributed by atoms with Gasteiger partial charge in [0.05, 0.1) is 6.54 Å². The Morgan fingerprint density at radius 2 is 1.75 bits per heavy atom. The molecule has 0 aromatic rings. The first kappa shape index (κ1) is 14.6. The van der Waals surface area contributed by atoms with Crippen molar-refractivity contribution >= 4 is 18.1 Å². The van der Waals surface area contributed by atoms with Crippen LogP contribution < -0.4 is 10.6 Å². The summed E-state index contributed by atoms with van der Waals surface area (Å²) in [5.74, 6) is -0.464. The number of Topliss-reactive ketones (excluding diaryl/α,β-unsaturated/α-hetero) is 1. The Morgan fingerprint density at radius 3 is 2.12 bits per heavy atom. The van der Waals surface area contributed by atoms with E-state index in [1.165, 1.54) is 0 Å². The Bertz CT molecular complexity index is 262. The molecule has 0 aliphatic carbocycles. The maximum Gasteiger partial charge on any atom is 0.243 e. The van der Waals surface area contributed by atoms with Crippen LogP contribution >= 0.6 is 0 Å². The molecule has 0 radical (unpaired) electrons. The molecule has 0 saturated carbocycles. The van der Waals surface area contributed by atoms with Crippen LogP contribution in [0.25, 0.3) is 0 Å². The normalized spacial score (nSPS) is 12.4. The first-order chi connectivity index (χ1) is 7.40. The van der Waals surface area contributed by atoms with Gasteiger partial charge in [-0.1, -0.05) is 27.7 Å². The molecule has 0 saturated heterocycles. The summed E-state index contributed by atoms with van der Waals surface area (Å²) in [7, 11) is 0. The molecular weight excluding hydrogens is 208 g/mol. The van der Waals surface area contributed by atoms with Gasteiger partial charge in [-0.15, -0.1) is 0 Å². The minimum absolute atomic E-state index is 0.0141. The van der Waals surface area contributed by atoms with E-state index in [1.807, 2.05) is 13.8 Å². The number of carbonyl (C=O) groups excluding carboxylic acids is 3. The van der Waals surface area contributed by atoms with Crippen LogP contribution in [0.3, 0.4) is 0 Å².